The number of fused-ring (bicyclic) bond motifs is 10. The summed E-state index contributed by atoms with van der Waals surface area (Å²) < 4.78 is 0. The third-order valence-corrected chi connectivity index (χ3v) is 20.4. The van der Waals surface area contributed by atoms with Crippen LogP contribution in [0.2, 0.25) is 0 Å². The molecule has 0 saturated heterocycles. The summed E-state index contributed by atoms with van der Waals surface area (Å²) in [4.78, 5) is 5.09. The Balaban J connectivity index is 0.998. The van der Waals surface area contributed by atoms with E-state index in [1.165, 1.54) is 66.4 Å². The summed E-state index contributed by atoms with van der Waals surface area (Å²) in [6.07, 6.45) is 0. The van der Waals surface area contributed by atoms with Gasteiger partial charge in [-0.25, -0.2) is 0 Å². The van der Waals surface area contributed by atoms with Crippen LogP contribution in [0.15, 0.2) is 388 Å². The van der Waals surface area contributed by atoms with Gasteiger partial charge in [0, 0.05) is 33.5 Å². The Morgan fingerprint density at radius 1 is 0.177 bits per heavy atom. The molecule has 0 amide bonds. The first-order valence-electron chi connectivity index (χ1n) is 33.3. The zero-order valence-electron chi connectivity index (χ0n) is 52.8. The summed E-state index contributed by atoms with van der Waals surface area (Å²) in [5, 5.41) is 4.70. The third kappa shape index (κ3) is 8.87. The van der Waals surface area contributed by atoms with Crippen molar-refractivity contribution >= 4 is 55.7 Å². The molecule has 0 spiro atoms. The SMILES string of the molecule is c1ccc(-c2cccc(N(c3cccc(-c4ccccc4)c3)c3cc4c(c5ccccc35)-c3ccccc3C4(c3ccccc3)C3(c4ccccc4)c4ccccc4-c4c3cc(N(c3cccc(-c5ccccc5)c3)c3cccc(-c5ccccc5)c3)c3ccccc43)c2)cc1. The molecule has 18 rings (SSSR count). The lowest BCUT2D eigenvalue weighted by Crippen LogP contribution is -2.50. The van der Waals surface area contributed by atoms with Gasteiger partial charge in [0.2, 0.25) is 0 Å². The summed E-state index contributed by atoms with van der Waals surface area (Å²) in [5.41, 5.74) is 26.0. The van der Waals surface area contributed by atoms with Crippen LogP contribution in [-0.2, 0) is 10.8 Å². The second-order valence-corrected chi connectivity index (χ2v) is 25.4. The van der Waals surface area contributed by atoms with Gasteiger partial charge >= 0.3 is 0 Å². The monoisotopic (exact) mass is 1220 g/mol. The molecule has 0 fully saturated rings. The predicted molar refractivity (Wildman–Crippen MR) is 403 cm³/mol. The van der Waals surface area contributed by atoms with Gasteiger partial charge in [0.1, 0.15) is 0 Å². The van der Waals surface area contributed by atoms with E-state index in [0.29, 0.717) is 0 Å². The van der Waals surface area contributed by atoms with Crippen LogP contribution in [0.1, 0.15) is 33.4 Å². The van der Waals surface area contributed by atoms with Gasteiger partial charge in [-0.15, -0.1) is 0 Å². The molecule has 2 heteroatoms. The smallest absolute Gasteiger partial charge is 0.0642 e. The van der Waals surface area contributed by atoms with Crippen LogP contribution in [0.5, 0.6) is 0 Å². The van der Waals surface area contributed by atoms with Gasteiger partial charge in [0.05, 0.1) is 22.2 Å². The Morgan fingerprint density at radius 2 is 0.427 bits per heavy atom. The van der Waals surface area contributed by atoms with E-state index < -0.39 is 10.8 Å². The minimum absolute atomic E-state index is 0.976. The highest BCUT2D eigenvalue weighted by Gasteiger charge is 2.65. The average Bonchev–Trinajstić information content (AvgIpc) is 1.50. The Hall–Kier alpha value is -12.4. The van der Waals surface area contributed by atoms with Crippen molar-refractivity contribution in [1.29, 1.82) is 0 Å². The van der Waals surface area contributed by atoms with E-state index >= 15 is 0 Å². The van der Waals surface area contributed by atoms with Gasteiger partial charge in [-0.3, -0.25) is 0 Å². The lowest BCUT2D eigenvalue weighted by Gasteiger charge is -2.51. The zero-order chi connectivity index (χ0) is 63.6. The first-order valence-corrected chi connectivity index (χ1v) is 33.3. The maximum absolute atomic E-state index is 2.62. The van der Waals surface area contributed by atoms with Crippen molar-refractivity contribution < 1.29 is 0 Å². The fourth-order valence-electron chi connectivity index (χ4n) is 16.5. The van der Waals surface area contributed by atoms with Gasteiger partial charge in [-0.05, 0) is 172 Å². The van der Waals surface area contributed by atoms with Crippen LogP contribution >= 0.6 is 0 Å². The number of hydrogen-bond acceptors (Lipinski definition) is 2. The van der Waals surface area contributed by atoms with E-state index in [4.69, 9.17) is 0 Å². The highest BCUT2D eigenvalue weighted by Crippen LogP contribution is 2.72. The topological polar surface area (TPSA) is 6.48 Å². The number of anilines is 6. The van der Waals surface area contributed by atoms with E-state index in [-0.39, 0.29) is 0 Å². The first kappa shape index (κ1) is 56.4. The molecule has 450 valence electrons. The summed E-state index contributed by atoms with van der Waals surface area (Å²) in [5.74, 6) is 0. The van der Waals surface area contributed by atoms with Crippen molar-refractivity contribution in [3.8, 4) is 66.8 Å². The van der Waals surface area contributed by atoms with Crippen LogP contribution in [-0.4, -0.2) is 0 Å². The fourth-order valence-corrected chi connectivity index (χ4v) is 16.5. The second kappa shape index (κ2) is 23.3. The lowest BCUT2D eigenvalue weighted by atomic mass is 9.49. The summed E-state index contributed by atoms with van der Waals surface area (Å²) in [6, 6.07) is 145. The van der Waals surface area contributed by atoms with Crippen molar-refractivity contribution in [3.63, 3.8) is 0 Å². The third-order valence-electron chi connectivity index (χ3n) is 20.4. The number of nitrogens with zero attached hydrogens (tertiary/aromatic N) is 2. The Morgan fingerprint density at radius 3 is 0.740 bits per heavy atom. The average molecular weight is 1220 g/mol. The molecular weight excluding hydrogens is 1160 g/mol. The van der Waals surface area contributed by atoms with Crippen molar-refractivity contribution in [2.24, 2.45) is 0 Å². The largest absolute Gasteiger partial charge is 0.310 e. The molecule has 16 aromatic rings. The van der Waals surface area contributed by atoms with Crippen LogP contribution in [0, 0.1) is 0 Å². The van der Waals surface area contributed by atoms with Crippen LogP contribution in [0.25, 0.3) is 88.3 Å². The highest BCUT2D eigenvalue weighted by atomic mass is 15.2. The molecule has 2 aliphatic rings. The molecule has 2 atom stereocenters. The molecule has 16 aromatic carbocycles. The Bertz CT molecular complexity index is 5080. The molecule has 0 aliphatic heterocycles. The van der Waals surface area contributed by atoms with Gasteiger partial charge in [0.25, 0.3) is 0 Å². The number of rotatable bonds is 13. The second-order valence-electron chi connectivity index (χ2n) is 25.4. The molecule has 0 saturated carbocycles. The lowest BCUT2D eigenvalue weighted by molar-refractivity contribution is 0.438. The normalized spacial score (nSPS) is 15.0. The van der Waals surface area contributed by atoms with Crippen LogP contribution in [0.4, 0.5) is 34.1 Å². The Labute approximate surface area is 561 Å². The minimum atomic E-state index is -0.976. The van der Waals surface area contributed by atoms with Crippen LogP contribution < -0.4 is 9.80 Å². The van der Waals surface area contributed by atoms with Crippen LogP contribution in [0.3, 0.4) is 0 Å². The van der Waals surface area contributed by atoms with E-state index in [2.05, 4.69) is 398 Å². The molecular formula is C94H64N2. The van der Waals surface area contributed by atoms with Crippen molar-refractivity contribution in [1.82, 2.24) is 0 Å². The summed E-state index contributed by atoms with van der Waals surface area (Å²) in [6.45, 7) is 0. The van der Waals surface area contributed by atoms with Crippen molar-refractivity contribution in [3.05, 3.63) is 422 Å². The van der Waals surface area contributed by atoms with Crippen molar-refractivity contribution in [2.45, 2.75) is 10.8 Å². The summed E-state index contributed by atoms with van der Waals surface area (Å²) in [7, 11) is 0. The van der Waals surface area contributed by atoms with Gasteiger partial charge in [0.15, 0.2) is 0 Å². The van der Waals surface area contributed by atoms with Crippen molar-refractivity contribution in [2.75, 3.05) is 9.80 Å². The molecule has 2 unspecified atom stereocenters. The summed E-state index contributed by atoms with van der Waals surface area (Å²) >= 11 is 0. The zero-order valence-corrected chi connectivity index (χ0v) is 52.8. The molecule has 2 aliphatic carbocycles. The fraction of sp³-hybridized carbons (Fsp3) is 0.0213. The van der Waals surface area contributed by atoms with E-state index in [0.717, 1.165) is 89.4 Å². The van der Waals surface area contributed by atoms with E-state index in [9.17, 15) is 0 Å². The molecule has 96 heavy (non-hydrogen) atoms. The predicted octanol–water partition coefficient (Wildman–Crippen LogP) is 24.9. The first-order chi connectivity index (χ1) is 47.6. The molecule has 0 radical (unpaired) electrons. The molecule has 0 heterocycles. The molecule has 0 aromatic heterocycles. The standard InChI is InChI=1S/C94H64N2/c1-7-31-65(32-8-1)69-39-27-47-75(59-69)95(76-48-28-40-70(60-76)66-33-9-2-10-34-66)89-63-87-91(81-53-21-19-51-79(81)89)83-55-23-25-57-85(83)93(87,73-43-15-5-16-44-73)94(74-45-17-6-18-46-74)86-58-26-24-56-84(86)92-82-54-22-20-52-80(82)90(64-88(92)94)96(77-49-29-41-71(61-77)67-35-11-3-12-36-67)78-50-30-42-72(62-78)68-37-13-4-14-38-68/h1-64H. The maximum atomic E-state index is 2.62. The molecule has 0 N–H and O–H groups in total. The quantitative estimate of drug-likeness (QED) is 0.114. The van der Waals surface area contributed by atoms with Gasteiger partial charge in [-0.2, -0.15) is 0 Å². The Kier molecular flexibility index (Phi) is 13.7. The molecule has 2 nitrogen and oxygen atoms in total. The minimum Gasteiger partial charge on any atom is -0.310 e. The van der Waals surface area contributed by atoms with Gasteiger partial charge in [-0.1, -0.05) is 328 Å². The molecule has 0 bridgehead atoms. The maximum Gasteiger partial charge on any atom is 0.0642 e. The van der Waals surface area contributed by atoms with Gasteiger partial charge < -0.3 is 9.80 Å². The van der Waals surface area contributed by atoms with E-state index in [1.807, 2.05) is 0 Å². The number of benzene rings is 16. The van der Waals surface area contributed by atoms with E-state index in [1.54, 1.807) is 0 Å². The number of hydrogen-bond donors (Lipinski definition) is 0. The highest BCUT2D eigenvalue weighted by molar-refractivity contribution is 6.14.